The van der Waals surface area contributed by atoms with Crippen LogP contribution in [0.25, 0.3) is 0 Å². The van der Waals surface area contributed by atoms with Gasteiger partial charge in [-0.1, -0.05) is 90.0 Å². The van der Waals surface area contributed by atoms with Crippen molar-refractivity contribution < 1.29 is 18.0 Å². The smallest absolute Gasteiger partial charge is 0.264 e. The predicted octanol–water partition coefficient (Wildman–Crippen LogP) is 5.93. The number of anilines is 1. The molecule has 0 saturated heterocycles. The minimum absolute atomic E-state index is 0.0550. The first kappa shape index (κ1) is 31.8. The van der Waals surface area contributed by atoms with Crippen LogP contribution in [0.2, 0.25) is 5.02 Å². The van der Waals surface area contributed by atoms with Crippen molar-refractivity contribution in [3.05, 3.63) is 130 Å². The van der Waals surface area contributed by atoms with E-state index in [1.165, 1.54) is 17.0 Å². The maximum Gasteiger partial charge on any atom is 0.264 e. The fraction of sp³-hybridized carbons (Fsp3) is 0.235. The van der Waals surface area contributed by atoms with E-state index in [4.69, 9.17) is 11.6 Å². The molecule has 1 N–H and O–H groups in total. The monoisotopic (exact) mass is 617 g/mol. The van der Waals surface area contributed by atoms with Gasteiger partial charge in [-0.15, -0.1) is 0 Å². The van der Waals surface area contributed by atoms with Gasteiger partial charge in [-0.2, -0.15) is 0 Å². The summed E-state index contributed by atoms with van der Waals surface area (Å²) in [5.41, 5.74) is 3.52. The van der Waals surface area contributed by atoms with Crippen LogP contribution in [0.4, 0.5) is 5.69 Å². The molecule has 0 aliphatic rings. The first-order chi connectivity index (χ1) is 20.6. The number of aryl methyl sites for hydroxylation is 2. The lowest BCUT2D eigenvalue weighted by Crippen LogP contribution is -2.53. The second kappa shape index (κ2) is 14.4. The van der Waals surface area contributed by atoms with Gasteiger partial charge in [0.1, 0.15) is 12.6 Å². The second-order valence-corrected chi connectivity index (χ2v) is 12.7. The van der Waals surface area contributed by atoms with E-state index in [0.717, 1.165) is 21.0 Å². The molecule has 2 amide bonds. The highest BCUT2D eigenvalue weighted by atomic mass is 35.5. The Balaban J connectivity index is 1.80. The maximum atomic E-state index is 14.4. The summed E-state index contributed by atoms with van der Waals surface area (Å²) in [5, 5.41) is 3.32. The largest absolute Gasteiger partial charge is 0.355 e. The Labute approximate surface area is 259 Å². The maximum absolute atomic E-state index is 14.4. The highest BCUT2D eigenvalue weighted by Gasteiger charge is 2.35. The van der Waals surface area contributed by atoms with Gasteiger partial charge in [0.2, 0.25) is 11.8 Å². The molecular weight excluding hydrogens is 582 g/mol. The molecule has 43 heavy (non-hydrogen) atoms. The molecule has 9 heteroatoms. The van der Waals surface area contributed by atoms with Gasteiger partial charge < -0.3 is 10.2 Å². The molecule has 7 nitrogen and oxygen atoms in total. The molecule has 0 radical (unpaired) electrons. The summed E-state index contributed by atoms with van der Waals surface area (Å²) in [6.45, 7) is 5.42. The van der Waals surface area contributed by atoms with E-state index >= 15 is 0 Å². The van der Waals surface area contributed by atoms with Gasteiger partial charge in [-0.3, -0.25) is 13.9 Å². The zero-order chi connectivity index (χ0) is 31.0. The van der Waals surface area contributed by atoms with E-state index in [1.54, 1.807) is 37.3 Å². The van der Waals surface area contributed by atoms with Crippen LogP contribution in [0.3, 0.4) is 0 Å². The lowest BCUT2D eigenvalue weighted by atomic mass is 10.0. The lowest BCUT2D eigenvalue weighted by molar-refractivity contribution is -0.140. The highest BCUT2D eigenvalue weighted by molar-refractivity contribution is 7.92. The minimum Gasteiger partial charge on any atom is -0.355 e. The topological polar surface area (TPSA) is 86.8 Å². The summed E-state index contributed by atoms with van der Waals surface area (Å²) in [5.74, 6) is -0.827. The summed E-state index contributed by atoms with van der Waals surface area (Å²) in [7, 11) is -4.18. The normalized spacial score (nSPS) is 11.9. The Hall–Kier alpha value is -4.14. The molecule has 1 atom stereocenters. The number of carbonyl (C=O) groups is 2. The lowest BCUT2D eigenvalue weighted by Gasteiger charge is -2.34. The average Bonchev–Trinajstić information content (AvgIpc) is 2.99. The first-order valence-electron chi connectivity index (χ1n) is 14.1. The van der Waals surface area contributed by atoms with Crippen molar-refractivity contribution in [2.75, 3.05) is 17.4 Å². The molecule has 0 fully saturated rings. The van der Waals surface area contributed by atoms with Crippen molar-refractivity contribution in [2.45, 2.75) is 44.7 Å². The summed E-state index contributed by atoms with van der Waals surface area (Å²) < 4.78 is 29.4. The van der Waals surface area contributed by atoms with E-state index in [9.17, 15) is 18.0 Å². The average molecular weight is 618 g/mol. The Kier molecular flexibility index (Phi) is 10.6. The molecule has 4 aromatic carbocycles. The van der Waals surface area contributed by atoms with Crippen LogP contribution in [0.15, 0.2) is 108 Å². The van der Waals surface area contributed by atoms with E-state index in [-0.39, 0.29) is 23.8 Å². The zero-order valence-corrected chi connectivity index (χ0v) is 26.1. The molecule has 0 spiro atoms. The molecule has 0 saturated carbocycles. The van der Waals surface area contributed by atoms with Crippen molar-refractivity contribution >= 4 is 39.1 Å². The summed E-state index contributed by atoms with van der Waals surface area (Å²) in [4.78, 5) is 29.5. The number of rotatable bonds is 12. The molecule has 4 rings (SSSR count). The third-order valence-corrected chi connectivity index (χ3v) is 9.14. The summed E-state index contributed by atoms with van der Waals surface area (Å²) >= 11 is 6.21. The molecule has 4 aromatic rings. The van der Waals surface area contributed by atoms with Gasteiger partial charge >= 0.3 is 0 Å². The van der Waals surface area contributed by atoms with Gasteiger partial charge in [0.25, 0.3) is 10.0 Å². The Bertz CT molecular complexity index is 1650. The number of hydrogen-bond donors (Lipinski definition) is 1. The molecule has 0 aliphatic carbocycles. The zero-order valence-electron chi connectivity index (χ0n) is 24.5. The standard InChI is InChI=1S/C34H36ClN3O4S/c1-4-36-34(40)32(22-27-11-7-5-8-12-27)37(23-28-13-9-6-10-14-28)33(39)24-38(31-20-17-29(35)21-26(31)3)43(41,42)30-18-15-25(2)16-19-30/h5-21,32H,4,22-24H2,1-3H3,(H,36,40)/t32-/m1/s1. The van der Waals surface area contributed by atoms with Gasteiger partial charge in [0.05, 0.1) is 10.6 Å². The number of halogens is 1. The van der Waals surface area contributed by atoms with Gasteiger partial charge in [-0.25, -0.2) is 8.42 Å². The third-order valence-electron chi connectivity index (χ3n) is 7.13. The number of nitrogens with one attached hydrogen (secondary N) is 1. The number of nitrogens with zero attached hydrogens (tertiary/aromatic N) is 2. The SMILES string of the molecule is CCNC(=O)[C@@H](Cc1ccccc1)N(Cc1ccccc1)C(=O)CN(c1ccc(Cl)cc1C)S(=O)(=O)c1ccc(C)cc1. The van der Waals surface area contributed by atoms with Crippen molar-refractivity contribution in [2.24, 2.45) is 0 Å². The van der Waals surface area contributed by atoms with Gasteiger partial charge in [0, 0.05) is 24.5 Å². The van der Waals surface area contributed by atoms with Gasteiger partial charge in [-0.05, 0) is 67.8 Å². The van der Waals surface area contributed by atoms with Crippen molar-refractivity contribution in [3.63, 3.8) is 0 Å². The van der Waals surface area contributed by atoms with E-state index in [0.29, 0.717) is 22.8 Å². The van der Waals surface area contributed by atoms with Crippen LogP contribution in [-0.4, -0.2) is 44.3 Å². The van der Waals surface area contributed by atoms with E-state index in [2.05, 4.69) is 5.32 Å². The quantitative estimate of drug-likeness (QED) is 0.214. The van der Waals surface area contributed by atoms with Crippen LogP contribution in [0.5, 0.6) is 0 Å². The van der Waals surface area contributed by atoms with Crippen LogP contribution < -0.4 is 9.62 Å². The van der Waals surface area contributed by atoms with Crippen LogP contribution in [-0.2, 0) is 32.6 Å². The molecular formula is C34H36ClN3O4S. The Morgan fingerprint density at radius 1 is 0.837 bits per heavy atom. The van der Waals surface area contributed by atoms with E-state index in [1.807, 2.05) is 74.5 Å². The highest BCUT2D eigenvalue weighted by Crippen LogP contribution is 2.30. The molecule has 0 unspecified atom stereocenters. The van der Waals surface area contributed by atoms with E-state index < -0.39 is 28.5 Å². The fourth-order valence-corrected chi connectivity index (χ4v) is 6.58. The van der Waals surface area contributed by atoms with Crippen molar-refractivity contribution in [1.29, 1.82) is 0 Å². The molecule has 224 valence electrons. The number of benzene rings is 4. The Morgan fingerprint density at radius 2 is 1.44 bits per heavy atom. The molecule has 0 heterocycles. The number of hydrogen-bond acceptors (Lipinski definition) is 4. The summed E-state index contributed by atoms with van der Waals surface area (Å²) in [6, 6.07) is 29.3. The van der Waals surface area contributed by atoms with Crippen LogP contribution >= 0.6 is 11.6 Å². The van der Waals surface area contributed by atoms with Crippen LogP contribution in [0, 0.1) is 13.8 Å². The number of carbonyl (C=O) groups excluding carboxylic acids is 2. The van der Waals surface area contributed by atoms with Crippen molar-refractivity contribution in [3.8, 4) is 0 Å². The Morgan fingerprint density at radius 3 is 2.02 bits per heavy atom. The third kappa shape index (κ3) is 8.03. The molecule has 0 aliphatic heterocycles. The minimum atomic E-state index is -4.18. The first-order valence-corrected chi connectivity index (χ1v) is 15.9. The van der Waals surface area contributed by atoms with Crippen LogP contribution in [0.1, 0.15) is 29.2 Å². The van der Waals surface area contributed by atoms with Gasteiger partial charge in [0.15, 0.2) is 0 Å². The number of amides is 2. The molecule has 0 aromatic heterocycles. The second-order valence-electron chi connectivity index (χ2n) is 10.4. The van der Waals surface area contributed by atoms with Crippen molar-refractivity contribution in [1.82, 2.24) is 10.2 Å². The fourth-order valence-electron chi connectivity index (χ4n) is 4.88. The number of sulfonamides is 1. The summed E-state index contributed by atoms with van der Waals surface area (Å²) in [6.07, 6.45) is 0.260. The predicted molar refractivity (Wildman–Crippen MR) is 172 cm³/mol. The molecule has 0 bridgehead atoms. The number of likely N-dealkylation sites (N-methyl/N-ethyl adjacent to an activating group) is 1.